The average molecular weight is 517 g/mol. The molecule has 0 N–H and O–H groups in total. The number of aromatic nitrogens is 2. The van der Waals surface area contributed by atoms with Gasteiger partial charge in [0.2, 0.25) is 15.8 Å². The van der Waals surface area contributed by atoms with Gasteiger partial charge in [0.15, 0.2) is 0 Å². The van der Waals surface area contributed by atoms with Crippen LogP contribution in [0.2, 0.25) is 0 Å². The minimum absolute atomic E-state index is 0.0208. The number of benzene rings is 1. The molecule has 0 radical (unpaired) electrons. The second kappa shape index (κ2) is 10.9. The van der Waals surface area contributed by atoms with Gasteiger partial charge in [0.1, 0.15) is 5.69 Å². The lowest BCUT2D eigenvalue weighted by atomic mass is 9.83. The Morgan fingerprint density at radius 2 is 1.83 bits per heavy atom. The van der Waals surface area contributed by atoms with Crippen molar-refractivity contribution in [3.63, 3.8) is 0 Å². The maximum Gasteiger partial charge on any atom is 0.316 e. The number of hydrogen-bond acceptors (Lipinski definition) is 6. The minimum Gasteiger partial charge on any atom is -0.483 e. The molecule has 2 heterocycles. The number of ether oxygens (including phenoxy) is 1. The van der Waals surface area contributed by atoms with Crippen LogP contribution in [0, 0.1) is 5.41 Å². The van der Waals surface area contributed by atoms with Crippen LogP contribution >= 0.6 is 0 Å². The molecule has 0 spiro atoms. The molecule has 0 bridgehead atoms. The monoisotopic (exact) mass is 516 g/mol. The van der Waals surface area contributed by atoms with Crippen LogP contribution in [-0.4, -0.2) is 60.0 Å². The Kier molecular flexibility index (Phi) is 8.09. The van der Waals surface area contributed by atoms with E-state index in [1.54, 1.807) is 24.3 Å². The van der Waals surface area contributed by atoms with Gasteiger partial charge in [-0.2, -0.15) is 14.1 Å². The quantitative estimate of drug-likeness (QED) is 0.496. The third-order valence-corrected chi connectivity index (χ3v) is 9.94. The fourth-order valence-electron chi connectivity index (χ4n) is 5.36. The van der Waals surface area contributed by atoms with Crippen LogP contribution in [0.25, 0.3) is 5.69 Å². The lowest BCUT2D eigenvalue weighted by Gasteiger charge is -2.36. The van der Waals surface area contributed by atoms with E-state index >= 15 is 0 Å². The number of sulfonamides is 1. The van der Waals surface area contributed by atoms with Crippen molar-refractivity contribution in [3.05, 3.63) is 46.9 Å². The van der Waals surface area contributed by atoms with Crippen molar-refractivity contribution in [2.45, 2.75) is 77.6 Å². The molecule has 1 saturated carbocycles. The molecular weight excluding hydrogens is 476 g/mol. The summed E-state index contributed by atoms with van der Waals surface area (Å²) in [7, 11) is -3.31. The molecule has 1 aromatic carbocycles. The number of piperazine rings is 1. The Hall–Kier alpha value is -2.39. The molecule has 2 fully saturated rings. The summed E-state index contributed by atoms with van der Waals surface area (Å²) >= 11 is 0. The third kappa shape index (κ3) is 5.62. The molecule has 2 unspecified atom stereocenters. The van der Waals surface area contributed by atoms with Crippen LogP contribution in [0.15, 0.2) is 41.3 Å². The highest BCUT2D eigenvalue weighted by atomic mass is 32.2. The third-order valence-electron chi connectivity index (χ3n) is 7.66. The number of nitrogens with zero attached hydrogens (tertiary/aromatic N) is 4. The van der Waals surface area contributed by atoms with Crippen molar-refractivity contribution in [2.24, 2.45) is 5.41 Å². The smallest absolute Gasteiger partial charge is 0.316 e. The van der Waals surface area contributed by atoms with E-state index in [0.29, 0.717) is 43.3 Å². The normalized spacial score (nSPS) is 23.4. The number of rotatable bonds is 9. The SMILES string of the molecule is CCCCC1(C)CCC(Oc2c(N3CCN(S(=O)(=O)C(C)C)CC3)cnn(-c3ccccc3)c2=O)C1. The van der Waals surface area contributed by atoms with Crippen molar-refractivity contribution in [3.8, 4) is 11.4 Å². The van der Waals surface area contributed by atoms with Gasteiger partial charge in [-0.25, -0.2) is 8.42 Å². The predicted octanol–water partition coefficient (Wildman–Crippen LogP) is 4.22. The van der Waals surface area contributed by atoms with E-state index in [4.69, 9.17) is 4.74 Å². The topological polar surface area (TPSA) is 84.7 Å². The first-order valence-corrected chi connectivity index (χ1v) is 14.7. The Morgan fingerprint density at radius 1 is 1.14 bits per heavy atom. The van der Waals surface area contributed by atoms with Gasteiger partial charge in [0.25, 0.3) is 0 Å². The lowest BCUT2D eigenvalue weighted by molar-refractivity contribution is 0.180. The molecule has 8 nitrogen and oxygen atoms in total. The molecule has 1 aliphatic heterocycles. The Bertz CT molecular complexity index is 1190. The maximum atomic E-state index is 13.7. The Balaban J connectivity index is 1.62. The number of hydrogen-bond donors (Lipinski definition) is 0. The van der Waals surface area contributed by atoms with E-state index in [1.807, 2.05) is 35.2 Å². The second-order valence-corrected chi connectivity index (χ2v) is 13.3. The first-order chi connectivity index (χ1) is 17.1. The van der Waals surface area contributed by atoms with Crippen molar-refractivity contribution < 1.29 is 13.2 Å². The van der Waals surface area contributed by atoms with Crippen LogP contribution in [-0.2, 0) is 10.0 Å². The highest BCUT2D eigenvalue weighted by Gasteiger charge is 2.37. The van der Waals surface area contributed by atoms with Gasteiger partial charge in [0, 0.05) is 26.2 Å². The van der Waals surface area contributed by atoms with E-state index in [0.717, 1.165) is 19.3 Å². The first kappa shape index (κ1) is 26.7. The average Bonchev–Trinajstić information content (AvgIpc) is 3.25. The van der Waals surface area contributed by atoms with Crippen LogP contribution < -0.4 is 15.2 Å². The summed E-state index contributed by atoms with van der Waals surface area (Å²) in [5.41, 5.74) is 1.29. The number of unbranched alkanes of at least 4 members (excludes halogenated alkanes) is 1. The molecule has 1 aromatic heterocycles. The van der Waals surface area contributed by atoms with Crippen molar-refractivity contribution in [2.75, 3.05) is 31.1 Å². The zero-order valence-corrected chi connectivity index (χ0v) is 22.8. The van der Waals surface area contributed by atoms with Crippen LogP contribution in [0.3, 0.4) is 0 Å². The summed E-state index contributed by atoms with van der Waals surface area (Å²) in [5.74, 6) is 0.318. The van der Waals surface area contributed by atoms with Gasteiger partial charge >= 0.3 is 5.56 Å². The van der Waals surface area contributed by atoms with Crippen molar-refractivity contribution in [1.29, 1.82) is 0 Å². The molecule has 1 saturated heterocycles. The zero-order chi connectivity index (χ0) is 25.9. The van der Waals surface area contributed by atoms with E-state index in [2.05, 4.69) is 18.9 Å². The van der Waals surface area contributed by atoms with Crippen molar-refractivity contribution >= 4 is 15.7 Å². The van der Waals surface area contributed by atoms with Crippen molar-refractivity contribution in [1.82, 2.24) is 14.1 Å². The summed E-state index contributed by atoms with van der Waals surface area (Å²) < 4.78 is 34.7. The van der Waals surface area contributed by atoms with Crippen LogP contribution in [0.4, 0.5) is 5.69 Å². The van der Waals surface area contributed by atoms with Crippen LogP contribution in [0.5, 0.6) is 5.75 Å². The molecule has 198 valence electrons. The summed E-state index contributed by atoms with van der Waals surface area (Å²) in [6.07, 6.45) is 8.18. The molecular formula is C27H40N4O4S. The summed E-state index contributed by atoms with van der Waals surface area (Å²) in [6, 6.07) is 9.36. The number of para-hydroxylation sites is 1. The molecule has 2 aliphatic rings. The second-order valence-electron chi connectivity index (χ2n) is 10.8. The van der Waals surface area contributed by atoms with E-state index in [9.17, 15) is 13.2 Å². The standard InChI is InChI=1S/C27H40N4O4S/c1-5-6-13-27(4)14-12-23(19-27)35-25-24(20-28-31(26(25)32)22-10-8-7-9-11-22)29-15-17-30(18-16-29)36(33,34)21(2)3/h7-11,20-21,23H,5-6,12-19H2,1-4H3. The summed E-state index contributed by atoms with van der Waals surface area (Å²) in [4.78, 5) is 15.7. The lowest BCUT2D eigenvalue weighted by Crippen LogP contribution is -2.50. The summed E-state index contributed by atoms with van der Waals surface area (Å²) in [5, 5.41) is 4.02. The van der Waals surface area contributed by atoms with Gasteiger partial charge < -0.3 is 9.64 Å². The minimum atomic E-state index is -3.31. The van der Waals surface area contributed by atoms with Gasteiger partial charge in [0.05, 0.1) is 23.2 Å². The fraction of sp³-hybridized carbons (Fsp3) is 0.630. The highest BCUT2D eigenvalue weighted by molar-refractivity contribution is 7.89. The molecule has 0 amide bonds. The Labute approximate surface area is 215 Å². The van der Waals surface area contributed by atoms with Gasteiger partial charge in [-0.1, -0.05) is 44.9 Å². The van der Waals surface area contributed by atoms with E-state index in [-0.39, 0.29) is 17.1 Å². The van der Waals surface area contributed by atoms with Gasteiger partial charge in [-0.05, 0) is 57.1 Å². The molecule has 2 aromatic rings. The van der Waals surface area contributed by atoms with Crippen LogP contribution in [0.1, 0.15) is 66.2 Å². The van der Waals surface area contributed by atoms with E-state index in [1.165, 1.54) is 23.9 Å². The van der Waals surface area contributed by atoms with E-state index < -0.39 is 15.3 Å². The maximum absolute atomic E-state index is 13.7. The molecule has 1 aliphatic carbocycles. The largest absolute Gasteiger partial charge is 0.483 e. The molecule has 4 rings (SSSR count). The zero-order valence-electron chi connectivity index (χ0n) is 22.0. The molecule has 36 heavy (non-hydrogen) atoms. The molecule has 2 atom stereocenters. The number of anilines is 1. The van der Waals surface area contributed by atoms with Gasteiger partial charge in [-0.3, -0.25) is 4.79 Å². The summed E-state index contributed by atoms with van der Waals surface area (Å²) in [6.45, 7) is 9.67. The Morgan fingerprint density at radius 3 is 2.47 bits per heavy atom. The first-order valence-electron chi connectivity index (χ1n) is 13.2. The molecule has 9 heteroatoms. The fourth-order valence-corrected chi connectivity index (χ4v) is 6.63. The van der Waals surface area contributed by atoms with Gasteiger partial charge in [-0.15, -0.1) is 0 Å². The highest BCUT2D eigenvalue weighted by Crippen LogP contribution is 2.43. The predicted molar refractivity (Wildman–Crippen MR) is 144 cm³/mol.